The summed E-state index contributed by atoms with van der Waals surface area (Å²) in [6.45, 7) is 4.13. The van der Waals surface area contributed by atoms with Crippen LogP contribution in [0.15, 0.2) is 36.5 Å². The molecule has 2 aromatic carbocycles. The van der Waals surface area contributed by atoms with Gasteiger partial charge in [-0.25, -0.2) is 4.98 Å². The molecule has 0 bridgehead atoms. The van der Waals surface area contributed by atoms with Gasteiger partial charge < -0.3 is 14.6 Å². The number of methoxy groups -OCH3 is 1. The highest BCUT2D eigenvalue weighted by Gasteiger charge is 2.18. The van der Waals surface area contributed by atoms with Crippen LogP contribution in [0.1, 0.15) is 12.0 Å². The highest BCUT2D eigenvalue weighted by Crippen LogP contribution is 2.36. The van der Waals surface area contributed by atoms with Gasteiger partial charge in [-0.1, -0.05) is 6.07 Å². The molecule has 0 fully saturated rings. The van der Waals surface area contributed by atoms with Crippen LogP contribution >= 0.6 is 0 Å². The molecule has 0 saturated heterocycles. The third kappa shape index (κ3) is 3.19. The minimum Gasteiger partial charge on any atom is -0.497 e. The topological polar surface area (TPSA) is 54.4 Å². The fourth-order valence-corrected chi connectivity index (χ4v) is 3.75. The van der Waals surface area contributed by atoms with Gasteiger partial charge >= 0.3 is 0 Å². The number of hydrogen-bond acceptors (Lipinski definition) is 3. The Hall–Kier alpha value is -2.79. The summed E-state index contributed by atoms with van der Waals surface area (Å²) < 4.78 is 5.40. The number of anilines is 1. The highest BCUT2D eigenvalue weighted by atomic mass is 16.5. The number of rotatable bonds is 6. The lowest BCUT2D eigenvalue weighted by molar-refractivity contribution is -0.359. The van der Waals surface area contributed by atoms with Crippen molar-refractivity contribution >= 4 is 38.4 Å². The van der Waals surface area contributed by atoms with Gasteiger partial charge in [0.15, 0.2) is 0 Å². The molecular weight excluding hydrogens is 336 g/mol. The van der Waals surface area contributed by atoms with Gasteiger partial charge in [-0.3, -0.25) is 5.32 Å². The number of hydrogen-bond donors (Lipinski definition) is 2. The van der Waals surface area contributed by atoms with Crippen LogP contribution in [0.2, 0.25) is 0 Å². The molecule has 140 valence electrons. The average molecular weight is 363 g/mol. The van der Waals surface area contributed by atoms with E-state index in [9.17, 15) is 0 Å². The average Bonchev–Trinajstić information content (AvgIpc) is 3.07. The number of nitrogens with zero attached hydrogens (tertiary/aromatic N) is 1. The summed E-state index contributed by atoms with van der Waals surface area (Å²) in [4.78, 5) is 9.29. The molecule has 0 atom stereocenters. The monoisotopic (exact) mass is 363 g/mol. The highest BCUT2D eigenvalue weighted by molar-refractivity contribution is 6.23. The summed E-state index contributed by atoms with van der Waals surface area (Å²) in [6.07, 6.45) is 3.16. The van der Waals surface area contributed by atoms with Gasteiger partial charge in [0.05, 0.1) is 30.8 Å². The molecule has 3 N–H and O–H groups in total. The Bertz CT molecular complexity index is 1110. The van der Waals surface area contributed by atoms with E-state index in [-0.39, 0.29) is 0 Å². The van der Waals surface area contributed by atoms with Crippen molar-refractivity contribution in [2.75, 3.05) is 39.6 Å². The SMILES string of the molecule is COc1ccc2c(ccc3[nH]c4c(C)c[nH+]c(NCCCN(C)C)c4c32)c1. The number of benzene rings is 2. The lowest BCUT2D eigenvalue weighted by Crippen LogP contribution is -2.19. The number of fused-ring (bicyclic) bond motifs is 5. The summed E-state index contributed by atoms with van der Waals surface area (Å²) in [7, 11) is 5.92. The van der Waals surface area contributed by atoms with E-state index in [1.165, 1.54) is 32.6 Å². The Balaban J connectivity index is 1.88. The Kier molecular flexibility index (Phi) is 4.62. The quantitative estimate of drug-likeness (QED) is 0.510. The molecule has 0 aliphatic carbocycles. The second kappa shape index (κ2) is 7.08. The fraction of sp³-hybridized carbons (Fsp3) is 0.318. The maximum atomic E-state index is 5.40. The second-order valence-electron chi connectivity index (χ2n) is 7.38. The van der Waals surface area contributed by atoms with E-state index in [1.54, 1.807) is 7.11 Å². The van der Waals surface area contributed by atoms with Gasteiger partial charge in [-0.2, -0.15) is 0 Å². The minimum absolute atomic E-state index is 0.881. The molecule has 2 aromatic heterocycles. The number of pyridine rings is 1. The molecule has 27 heavy (non-hydrogen) atoms. The zero-order valence-corrected chi connectivity index (χ0v) is 16.4. The van der Waals surface area contributed by atoms with Crippen LogP contribution in [0, 0.1) is 6.92 Å². The third-order valence-electron chi connectivity index (χ3n) is 5.15. The summed E-state index contributed by atoms with van der Waals surface area (Å²) >= 11 is 0. The Morgan fingerprint density at radius 3 is 2.78 bits per heavy atom. The van der Waals surface area contributed by atoms with Crippen molar-refractivity contribution in [2.45, 2.75) is 13.3 Å². The predicted octanol–water partition coefficient (Wildman–Crippen LogP) is 3.97. The van der Waals surface area contributed by atoms with Crippen LogP contribution in [0.25, 0.3) is 32.6 Å². The van der Waals surface area contributed by atoms with Gasteiger partial charge in [-0.05, 0) is 62.5 Å². The van der Waals surface area contributed by atoms with Crippen molar-refractivity contribution in [3.8, 4) is 5.75 Å². The number of aryl methyl sites for hydroxylation is 1. The molecule has 5 heteroatoms. The van der Waals surface area contributed by atoms with Crippen molar-refractivity contribution < 1.29 is 9.72 Å². The van der Waals surface area contributed by atoms with Crippen LogP contribution in [0.4, 0.5) is 5.82 Å². The lowest BCUT2D eigenvalue weighted by Gasteiger charge is -2.08. The van der Waals surface area contributed by atoms with Gasteiger partial charge in [0.2, 0.25) is 0 Å². The van der Waals surface area contributed by atoms with Crippen LogP contribution < -0.4 is 15.0 Å². The molecule has 4 aromatic rings. The van der Waals surface area contributed by atoms with Crippen molar-refractivity contribution in [2.24, 2.45) is 0 Å². The van der Waals surface area contributed by atoms with E-state index in [0.717, 1.165) is 36.6 Å². The first-order chi connectivity index (χ1) is 13.1. The zero-order valence-electron chi connectivity index (χ0n) is 16.4. The minimum atomic E-state index is 0.881. The molecule has 0 unspecified atom stereocenters. The molecule has 0 aliphatic heterocycles. The van der Waals surface area contributed by atoms with E-state index in [4.69, 9.17) is 4.74 Å². The number of H-pyrrole nitrogens is 2. The molecule has 0 saturated carbocycles. The molecule has 2 heterocycles. The van der Waals surface area contributed by atoms with Crippen molar-refractivity contribution in [3.05, 3.63) is 42.1 Å². The van der Waals surface area contributed by atoms with Crippen molar-refractivity contribution in [3.63, 3.8) is 0 Å². The third-order valence-corrected chi connectivity index (χ3v) is 5.15. The van der Waals surface area contributed by atoms with E-state index < -0.39 is 0 Å². The number of ether oxygens (including phenoxy) is 1. The standard InChI is InChI=1S/C22H26N4O/c1-14-13-24-22(23-10-5-11-26(2)3)20-19-17-8-7-16(27-4)12-15(17)6-9-18(19)25-21(14)20/h6-9,12-13,25H,5,10-11H2,1-4H3,(H,23,24)/p+1. The van der Waals surface area contributed by atoms with E-state index in [1.807, 2.05) is 6.07 Å². The van der Waals surface area contributed by atoms with E-state index in [2.05, 4.69) is 71.7 Å². The predicted molar refractivity (Wildman–Crippen MR) is 113 cm³/mol. The van der Waals surface area contributed by atoms with Crippen LogP contribution in [0.3, 0.4) is 0 Å². The Morgan fingerprint density at radius 1 is 1.15 bits per heavy atom. The summed E-state index contributed by atoms with van der Waals surface area (Å²) in [6, 6.07) is 10.6. The van der Waals surface area contributed by atoms with E-state index >= 15 is 0 Å². The van der Waals surface area contributed by atoms with Crippen LogP contribution in [-0.2, 0) is 0 Å². The zero-order chi connectivity index (χ0) is 19.0. The van der Waals surface area contributed by atoms with Gasteiger partial charge in [0.1, 0.15) is 5.75 Å². The number of aromatic amines is 2. The van der Waals surface area contributed by atoms with Gasteiger partial charge in [0, 0.05) is 23.0 Å². The maximum Gasteiger partial charge on any atom is 0.282 e. The molecular formula is C22H27N4O+. The first-order valence-electron chi connectivity index (χ1n) is 9.40. The first kappa shape index (κ1) is 17.6. The molecule has 0 aliphatic rings. The molecule has 0 radical (unpaired) electrons. The largest absolute Gasteiger partial charge is 0.497 e. The summed E-state index contributed by atoms with van der Waals surface area (Å²) in [5, 5.41) is 8.50. The maximum absolute atomic E-state index is 5.40. The number of nitrogens with one attached hydrogen (secondary N) is 3. The molecule has 4 rings (SSSR count). The molecule has 0 amide bonds. The molecule has 0 spiro atoms. The van der Waals surface area contributed by atoms with Crippen LogP contribution in [0.5, 0.6) is 5.75 Å². The fourth-order valence-electron chi connectivity index (χ4n) is 3.75. The smallest absolute Gasteiger partial charge is 0.282 e. The van der Waals surface area contributed by atoms with Crippen LogP contribution in [-0.4, -0.2) is 44.2 Å². The van der Waals surface area contributed by atoms with Gasteiger partial charge in [0.25, 0.3) is 5.82 Å². The normalized spacial score (nSPS) is 11.7. The summed E-state index contributed by atoms with van der Waals surface area (Å²) in [5.41, 5.74) is 3.55. The lowest BCUT2D eigenvalue weighted by atomic mass is 10.0. The number of aromatic nitrogens is 2. The Morgan fingerprint density at radius 2 is 2.00 bits per heavy atom. The first-order valence-corrected chi connectivity index (χ1v) is 9.40. The Labute approximate surface area is 159 Å². The second-order valence-corrected chi connectivity index (χ2v) is 7.38. The van der Waals surface area contributed by atoms with E-state index in [0.29, 0.717) is 0 Å². The molecule has 5 nitrogen and oxygen atoms in total. The van der Waals surface area contributed by atoms with Gasteiger partial charge in [-0.15, -0.1) is 0 Å². The summed E-state index contributed by atoms with van der Waals surface area (Å²) in [5.74, 6) is 1.95. The van der Waals surface area contributed by atoms with Crippen molar-refractivity contribution in [1.29, 1.82) is 0 Å². The van der Waals surface area contributed by atoms with Crippen molar-refractivity contribution in [1.82, 2.24) is 9.88 Å².